The zero-order valence-electron chi connectivity index (χ0n) is 22.7. The fourth-order valence-electron chi connectivity index (χ4n) is 6.88. The molecule has 7 nitrogen and oxygen atoms in total. The molecule has 212 valence electrons. The number of ether oxygens (including phenoxy) is 1. The van der Waals surface area contributed by atoms with Gasteiger partial charge >= 0.3 is 6.09 Å². The number of aryl methyl sites for hydroxylation is 1. The molecule has 0 bridgehead atoms. The maximum atomic E-state index is 13.5. The van der Waals surface area contributed by atoms with E-state index in [1.165, 1.54) is 12.1 Å². The summed E-state index contributed by atoms with van der Waals surface area (Å²) in [6.07, 6.45) is 0.325. The van der Waals surface area contributed by atoms with Gasteiger partial charge in [-0.15, -0.1) is 0 Å². The van der Waals surface area contributed by atoms with Crippen LogP contribution in [-0.2, 0) is 16.1 Å². The van der Waals surface area contributed by atoms with Crippen LogP contribution < -0.4 is 10.6 Å². The minimum absolute atomic E-state index is 0.0309. The molecule has 4 N–H and O–H groups in total. The summed E-state index contributed by atoms with van der Waals surface area (Å²) < 4.78 is 32.9. The number of aliphatic hydroxyl groups is 2. The Labute approximate surface area is 228 Å². The van der Waals surface area contributed by atoms with E-state index in [1.807, 2.05) is 32.9 Å². The van der Waals surface area contributed by atoms with E-state index in [0.29, 0.717) is 36.9 Å². The van der Waals surface area contributed by atoms with Crippen LogP contribution in [0.25, 0.3) is 0 Å². The second kappa shape index (κ2) is 11.6. The number of halogens is 2. The van der Waals surface area contributed by atoms with Gasteiger partial charge in [0.25, 0.3) is 0 Å². The van der Waals surface area contributed by atoms with Crippen molar-refractivity contribution in [1.82, 2.24) is 5.32 Å². The van der Waals surface area contributed by atoms with E-state index in [-0.39, 0.29) is 31.4 Å². The molecule has 4 rings (SSSR count). The second-order valence-electron chi connectivity index (χ2n) is 11.7. The molecular weight excluding hydrogens is 506 g/mol. The van der Waals surface area contributed by atoms with Crippen LogP contribution in [0.2, 0.25) is 0 Å². The molecule has 2 aliphatic rings. The number of carbonyl (C=O) groups excluding carboxylic acids is 2. The summed E-state index contributed by atoms with van der Waals surface area (Å²) in [5.74, 6) is -2.26. The molecule has 2 fully saturated rings. The van der Waals surface area contributed by atoms with Crippen LogP contribution in [0.3, 0.4) is 0 Å². The number of carbonyl (C=O) groups is 2. The van der Waals surface area contributed by atoms with Gasteiger partial charge in [0.2, 0.25) is 5.91 Å². The zero-order valence-corrected chi connectivity index (χ0v) is 22.7. The van der Waals surface area contributed by atoms with E-state index in [0.717, 1.165) is 11.6 Å². The first-order valence-electron chi connectivity index (χ1n) is 13.5. The minimum Gasteiger partial charge on any atom is -0.445 e. The Morgan fingerprint density at radius 3 is 2.36 bits per heavy atom. The minimum atomic E-state index is -0.772. The number of hydrogen-bond donors (Lipinski definition) is 4. The van der Waals surface area contributed by atoms with Gasteiger partial charge in [0, 0.05) is 30.1 Å². The number of anilines is 1. The zero-order chi connectivity index (χ0) is 28.4. The van der Waals surface area contributed by atoms with Crippen molar-refractivity contribution >= 4 is 17.7 Å². The summed E-state index contributed by atoms with van der Waals surface area (Å²) in [6, 6.07) is 10.5. The first-order valence-corrected chi connectivity index (χ1v) is 13.5. The number of hydrogen-bond acceptors (Lipinski definition) is 5. The molecule has 2 aliphatic carbocycles. The first kappa shape index (κ1) is 29.0. The molecule has 0 aromatic heterocycles. The van der Waals surface area contributed by atoms with Crippen LogP contribution in [0, 0.1) is 41.2 Å². The van der Waals surface area contributed by atoms with Crippen molar-refractivity contribution < 1.29 is 33.3 Å². The molecule has 0 aliphatic heterocycles. The van der Waals surface area contributed by atoms with E-state index >= 15 is 0 Å². The third kappa shape index (κ3) is 6.25. The molecule has 2 amide bonds. The molecule has 0 saturated heterocycles. The molecule has 39 heavy (non-hydrogen) atoms. The molecule has 6 unspecified atom stereocenters. The maximum Gasteiger partial charge on any atom is 0.411 e. The Kier molecular flexibility index (Phi) is 8.61. The van der Waals surface area contributed by atoms with Gasteiger partial charge in [0.15, 0.2) is 0 Å². The van der Waals surface area contributed by atoms with E-state index in [4.69, 9.17) is 4.74 Å². The van der Waals surface area contributed by atoms with Gasteiger partial charge in [-0.25, -0.2) is 13.6 Å². The lowest BCUT2D eigenvalue weighted by Crippen LogP contribution is -2.61. The predicted molar refractivity (Wildman–Crippen MR) is 143 cm³/mol. The Morgan fingerprint density at radius 1 is 1.05 bits per heavy atom. The van der Waals surface area contributed by atoms with Crippen molar-refractivity contribution in [2.45, 2.75) is 71.6 Å². The number of nitrogens with one attached hydrogen (secondary N) is 2. The van der Waals surface area contributed by atoms with Crippen LogP contribution in [0.4, 0.5) is 19.3 Å². The van der Waals surface area contributed by atoms with Crippen LogP contribution in [-0.4, -0.2) is 41.0 Å². The van der Waals surface area contributed by atoms with E-state index in [1.54, 1.807) is 12.1 Å². The van der Waals surface area contributed by atoms with Gasteiger partial charge in [0.05, 0.1) is 12.7 Å². The Balaban J connectivity index is 1.44. The summed E-state index contributed by atoms with van der Waals surface area (Å²) in [5.41, 5.74) is 0.725. The summed E-state index contributed by atoms with van der Waals surface area (Å²) in [7, 11) is 0. The summed E-state index contributed by atoms with van der Waals surface area (Å²) in [6.45, 7) is 5.66. The van der Waals surface area contributed by atoms with E-state index in [2.05, 4.69) is 10.6 Å². The molecule has 9 heteroatoms. The van der Waals surface area contributed by atoms with Gasteiger partial charge in [-0.2, -0.15) is 0 Å². The molecule has 0 radical (unpaired) electrons. The summed E-state index contributed by atoms with van der Waals surface area (Å²) in [4.78, 5) is 25.7. The standard InChI is InChI=1S/C30H38F2N2O5/c1-18-4-6-22(7-5-18)34-28(38)39-26-10-11-29(2)23(24(36)8-9-25(29)30(26,3)17-35)15-27(37)33-16-19-12-20(31)14-21(32)13-19/h4-7,12-14,23-26,35-36H,8-11,15-17H2,1-3H3,(H,33,37)(H,34,38). The lowest BCUT2D eigenvalue weighted by molar-refractivity contribution is -0.185. The van der Waals surface area contributed by atoms with Gasteiger partial charge in [0.1, 0.15) is 17.7 Å². The highest BCUT2D eigenvalue weighted by molar-refractivity contribution is 5.84. The summed E-state index contributed by atoms with van der Waals surface area (Å²) in [5, 5.41) is 27.0. The summed E-state index contributed by atoms with van der Waals surface area (Å²) >= 11 is 0. The first-order chi connectivity index (χ1) is 18.4. The van der Waals surface area contributed by atoms with Crippen molar-refractivity contribution in [3.05, 3.63) is 65.2 Å². The van der Waals surface area contributed by atoms with Crippen LogP contribution >= 0.6 is 0 Å². The SMILES string of the molecule is Cc1ccc(NC(=O)OC2CCC3(C)C(CC(=O)NCc4cc(F)cc(F)c4)C(O)CCC3C2(C)CO)cc1. The van der Waals surface area contributed by atoms with Crippen LogP contribution in [0.15, 0.2) is 42.5 Å². The Morgan fingerprint density at radius 2 is 1.72 bits per heavy atom. The van der Waals surface area contributed by atoms with Crippen LogP contribution in [0.1, 0.15) is 57.1 Å². The number of benzene rings is 2. The largest absolute Gasteiger partial charge is 0.445 e. The molecule has 0 spiro atoms. The number of rotatable bonds is 7. The van der Waals surface area contributed by atoms with Crippen LogP contribution in [0.5, 0.6) is 0 Å². The fraction of sp³-hybridized carbons (Fsp3) is 0.533. The molecule has 0 heterocycles. The van der Waals surface area contributed by atoms with Gasteiger partial charge < -0.3 is 20.3 Å². The normalized spacial score (nSPS) is 30.2. The highest BCUT2D eigenvalue weighted by atomic mass is 19.1. The van der Waals surface area contributed by atoms with E-state index < -0.39 is 46.7 Å². The molecule has 2 aromatic rings. The average molecular weight is 545 g/mol. The van der Waals surface area contributed by atoms with Gasteiger partial charge in [-0.05, 0) is 79.7 Å². The number of amides is 2. The second-order valence-corrected chi connectivity index (χ2v) is 11.7. The van der Waals surface area contributed by atoms with Gasteiger partial charge in [-0.3, -0.25) is 10.1 Å². The highest BCUT2D eigenvalue weighted by Crippen LogP contribution is 2.61. The molecule has 2 saturated carbocycles. The van der Waals surface area contributed by atoms with Crippen molar-refractivity contribution in [1.29, 1.82) is 0 Å². The third-order valence-corrected chi connectivity index (χ3v) is 9.04. The van der Waals surface area contributed by atoms with Crippen molar-refractivity contribution in [2.75, 3.05) is 11.9 Å². The van der Waals surface area contributed by atoms with E-state index in [9.17, 15) is 28.6 Å². The molecular formula is C30H38F2N2O5. The fourth-order valence-corrected chi connectivity index (χ4v) is 6.88. The van der Waals surface area contributed by atoms with Crippen molar-refractivity contribution in [3.8, 4) is 0 Å². The quantitative estimate of drug-likeness (QED) is 0.389. The Bertz CT molecular complexity index is 1170. The average Bonchev–Trinajstić information content (AvgIpc) is 2.87. The number of aliphatic hydroxyl groups excluding tert-OH is 2. The van der Waals surface area contributed by atoms with Crippen molar-refractivity contribution in [3.63, 3.8) is 0 Å². The number of fused-ring (bicyclic) bond motifs is 1. The lowest BCUT2D eigenvalue weighted by Gasteiger charge is -2.60. The topological polar surface area (TPSA) is 108 Å². The monoisotopic (exact) mass is 544 g/mol. The highest BCUT2D eigenvalue weighted by Gasteiger charge is 2.60. The molecule has 2 aromatic carbocycles. The lowest BCUT2D eigenvalue weighted by atomic mass is 9.46. The van der Waals surface area contributed by atoms with Crippen molar-refractivity contribution in [2.24, 2.45) is 22.7 Å². The Hall–Kier alpha value is -3.04. The third-order valence-electron chi connectivity index (χ3n) is 9.04. The smallest absolute Gasteiger partial charge is 0.411 e. The van der Waals surface area contributed by atoms with Gasteiger partial charge in [-0.1, -0.05) is 31.5 Å². The molecule has 6 atom stereocenters. The predicted octanol–water partition coefficient (Wildman–Crippen LogP) is 5.08. The maximum absolute atomic E-state index is 13.5.